The second kappa shape index (κ2) is 18.9. The highest BCUT2D eigenvalue weighted by atomic mass is 14.8. The highest BCUT2D eigenvalue weighted by molar-refractivity contribution is 5.20. The van der Waals surface area contributed by atoms with Gasteiger partial charge in [-0.2, -0.15) is 0 Å². The normalized spacial score (nSPS) is 9.25. The van der Waals surface area contributed by atoms with Crippen molar-refractivity contribution in [2.75, 3.05) is 0 Å². The van der Waals surface area contributed by atoms with Crippen molar-refractivity contribution < 1.29 is 0 Å². The van der Waals surface area contributed by atoms with E-state index in [1.165, 1.54) is 22.3 Å². The highest BCUT2D eigenvalue weighted by Gasteiger charge is 1.85. The molecular formula is C35H45N5. The monoisotopic (exact) mass is 535 g/mol. The van der Waals surface area contributed by atoms with Gasteiger partial charge in [-0.15, -0.1) is 0 Å². The van der Waals surface area contributed by atoms with Gasteiger partial charge in [-0.1, -0.05) is 47.5 Å². The van der Waals surface area contributed by atoms with Gasteiger partial charge in [-0.05, 0) is 111 Å². The van der Waals surface area contributed by atoms with Crippen LogP contribution in [-0.4, -0.2) is 24.9 Å². The third-order valence-corrected chi connectivity index (χ3v) is 5.19. The lowest BCUT2D eigenvalue weighted by molar-refractivity contribution is 1.05. The fourth-order valence-corrected chi connectivity index (χ4v) is 3.30. The highest BCUT2D eigenvalue weighted by Crippen LogP contribution is 2.00. The fourth-order valence-electron chi connectivity index (χ4n) is 3.30. The summed E-state index contributed by atoms with van der Waals surface area (Å²) < 4.78 is 0. The molecule has 1 aromatic carbocycles. The van der Waals surface area contributed by atoms with E-state index in [0.29, 0.717) is 0 Å². The van der Waals surface area contributed by atoms with Gasteiger partial charge in [0.15, 0.2) is 0 Å². The molecule has 40 heavy (non-hydrogen) atoms. The first kappa shape index (κ1) is 33.8. The predicted molar refractivity (Wildman–Crippen MR) is 169 cm³/mol. The van der Waals surface area contributed by atoms with Crippen molar-refractivity contribution in [3.63, 3.8) is 0 Å². The van der Waals surface area contributed by atoms with Crippen molar-refractivity contribution in [1.29, 1.82) is 0 Å². The molecule has 0 saturated heterocycles. The molecule has 0 unspecified atom stereocenters. The molecule has 0 aliphatic carbocycles. The third-order valence-electron chi connectivity index (χ3n) is 5.19. The lowest BCUT2D eigenvalue weighted by Gasteiger charge is -1.90. The Morgan fingerprint density at radius 1 is 0.375 bits per heavy atom. The molecule has 0 radical (unpaired) electrons. The van der Waals surface area contributed by atoms with Crippen LogP contribution in [0.5, 0.6) is 0 Å². The molecule has 0 aliphatic heterocycles. The van der Waals surface area contributed by atoms with E-state index in [-0.39, 0.29) is 0 Å². The van der Waals surface area contributed by atoms with Crippen LogP contribution < -0.4 is 0 Å². The minimum Gasteiger partial charge on any atom is -0.262 e. The van der Waals surface area contributed by atoms with E-state index < -0.39 is 0 Å². The van der Waals surface area contributed by atoms with Crippen LogP contribution >= 0.6 is 0 Å². The van der Waals surface area contributed by atoms with Crippen molar-refractivity contribution in [2.24, 2.45) is 0 Å². The zero-order chi connectivity index (χ0) is 29.9. The summed E-state index contributed by atoms with van der Waals surface area (Å²) in [5, 5.41) is 0. The van der Waals surface area contributed by atoms with Gasteiger partial charge in [-0.3, -0.25) is 24.9 Å². The number of aryl methyl sites for hydroxylation is 10. The number of nitrogens with zero attached hydrogens (tertiary/aromatic N) is 5. The molecule has 0 aliphatic rings. The van der Waals surface area contributed by atoms with Crippen molar-refractivity contribution in [3.05, 3.63) is 148 Å². The van der Waals surface area contributed by atoms with Gasteiger partial charge in [0, 0.05) is 47.6 Å². The van der Waals surface area contributed by atoms with Crippen LogP contribution in [-0.2, 0) is 0 Å². The van der Waals surface area contributed by atoms with Crippen LogP contribution in [0.15, 0.2) is 91.5 Å². The first-order valence-corrected chi connectivity index (χ1v) is 13.4. The van der Waals surface area contributed by atoms with Crippen LogP contribution in [0.25, 0.3) is 0 Å². The number of hydrogen-bond acceptors (Lipinski definition) is 5. The van der Waals surface area contributed by atoms with Crippen molar-refractivity contribution in [1.82, 2.24) is 24.9 Å². The van der Waals surface area contributed by atoms with E-state index >= 15 is 0 Å². The third kappa shape index (κ3) is 17.3. The first-order chi connectivity index (χ1) is 18.9. The minimum atomic E-state index is 0.977. The maximum atomic E-state index is 4.17. The average Bonchev–Trinajstić information content (AvgIpc) is 2.87. The summed E-state index contributed by atoms with van der Waals surface area (Å²) in [6.07, 6.45) is 7.18. The summed E-state index contributed by atoms with van der Waals surface area (Å²) in [5.74, 6) is 0. The van der Waals surface area contributed by atoms with E-state index in [1.807, 2.05) is 91.2 Å². The summed E-state index contributed by atoms with van der Waals surface area (Å²) in [7, 11) is 0. The first-order valence-electron chi connectivity index (χ1n) is 13.4. The Kier molecular flexibility index (Phi) is 16.0. The molecule has 0 spiro atoms. The van der Waals surface area contributed by atoms with E-state index in [4.69, 9.17) is 0 Å². The Hall–Kier alpha value is -4.25. The average molecular weight is 536 g/mol. The Bertz CT molecular complexity index is 1130. The molecule has 4 heterocycles. The number of rotatable bonds is 0. The van der Waals surface area contributed by atoms with E-state index in [0.717, 1.165) is 34.2 Å². The number of benzene rings is 1. The van der Waals surface area contributed by atoms with Gasteiger partial charge in [0.25, 0.3) is 0 Å². The topological polar surface area (TPSA) is 64.5 Å². The summed E-state index contributed by atoms with van der Waals surface area (Å²) in [6, 6.07) is 22.6. The van der Waals surface area contributed by atoms with E-state index in [9.17, 15) is 0 Å². The second-order valence-corrected chi connectivity index (χ2v) is 9.83. The van der Waals surface area contributed by atoms with Gasteiger partial charge >= 0.3 is 0 Å². The minimum absolute atomic E-state index is 0.977. The Labute approximate surface area is 241 Å². The maximum absolute atomic E-state index is 4.17. The van der Waals surface area contributed by atoms with Crippen molar-refractivity contribution in [3.8, 4) is 0 Å². The Balaban J connectivity index is 0.000000250. The fraction of sp³-hybridized carbons (Fsp3) is 0.286. The van der Waals surface area contributed by atoms with Crippen LogP contribution in [0.4, 0.5) is 0 Å². The molecule has 0 N–H and O–H groups in total. The summed E-state index contributed by atoms with van der Waals surface area (Å²) >= 11 is 0. The molecule has 4 aromatic heterocycles. The number of hydrogen-bond donors (Lipinski definition) is 0. The van der Waals surface area contributed by atoms with Crippen LogP contribution in [0.2, 0.25) is 0 Å². The van der Waals surface area contributed by atoms with Crippen molar-refractivity contribution >= 4 is 0 Å². The van der Waals surface area contributed by atoms with Crippen molar-refractivity contribution in [2.45, 2.75) is 69.2 Å². The van der Waals surface area contributed by atoms with E-state index in [2.05, 4.69) is 82.1 Å². The Morgan fingerprint density at radius 3 is 1.20 bits per heavy atom. The standard InChI is InChI=1S/C8H10.3C7H9N.C6H8N2/c1-7-4-3-5-8(2)6-7;1-6-3-4-8-7(2)5-6;1-6-3-4-7(2)8-5-6;1-6-4-3-5-7(2)8-6;1-5-3-7-4-6(2)8-5/h3-6H,1-2H3;3*3-5H,1-2H3;3-4H,1-2H3. The summed E-state index contributed by atoms with van der Waals surface area (Å²) in [5.41, 5.74) is 11.5. The molecule has 0 saturated carbocycles. The SMILES string of the molecule is Cc1ccc(C)nc1.Cc1cccc(C)c1.Cc1cccc(C)n1.Cc1ccnc(C)c1.Cc1cncc(C)n1. The zero-order valence-corrected chi connectivity index (χ0v) is 25.9. The summed E-state index contributed by atoms with van der Waals surface area (Å²) in [4.78, 5) is 20.3. The van der Waals surface area contributed by atoms with Crippen LogP contribution in [0.1, 0.15) is 56.4 Å². The quantitative estimate of drug-likeness (QED) is 0.199. The molecule has 5 heteroatoms. The van der Waals surface area contributed by atoms with Gasteiger partial charge in [0.2, 0.25) is 0 Å². The molecule has 0 amide bonds. The molecule has 5 rings (SSSR count). The zero-order valence-electron chi connectivity index (χ0n) is 25.9. The van der Waals surface area contributed by atoms with Gasteiger partial charge in [-0.25, -0.2) is 0 Å². The number of pyridine rings is 3. The molecular weight excluding hydrogens is 490 g/mol. The summed E-state index contributed by atoms with van der Waals surface area (Å²) in [6.45, 7) is 20.1. The Morgan fingerprint density at radius 2 is 0.900 bits per heavy atom. The maximum Gasteiger partial charge on any atom is 0.0558 e. The molecule has 5 nitrogen and oxygen atoms in total. The number of aromatic nitrogens is 5. The molecule has 210 valence electrons. The molecule has 0 fully saturated rings. The van der Waals surface area contributed by atoms with Crippen LogP contribution in [0.3, 0.4) is 0 Å². The molecule has 0 atom stereocenters. The lowest BCUT2D eigenvalue weighted by atomic mass is 10.2. The largest absolute Gasteiger partial charge is 0.262 e. The molecule has 0 bridgehead atoms. The van der Waals surface area contributed by atoms with Gasteiger partial charge in [0.05, 0.1) is 11.4 Å². The van der Waals surface area contributed by atoms with Crippen LogP contribution in [0, 0.1) is 69.2 Å². The predicted octanol–water partition coefficient (Wildman–Crippen LogP) is 8.49. The van der Waals surface area contributed by atoms with E-state index in [1.54, 1.807) is 12.4 Å². The lowest BCUT2D eigenvalue weighted by Crippen LogP contribution is -1.85. The van der Waals surface area contributed by atoms with Gasteiger partial charge < -0.3 is 0 Å². The molecule has 5 aromatic rings. The second-order valence-electron chi connectivity index (χ2n) is 9.83. The van der Waals surface area contributed by atoms with Gasteiger partial charge in [0.1, 0.15) is 0 Å². The smallest absolute Gasteiger partial charge is 0.0558 e.